The third-order valence-corrected chi connectivity index (χ3v) is 4.61. The predicted molar refractivity (Wildman–Crippen MR) is 86.6 cm³/mol. The molecule has 0 atom stereocenters. The summed E-state index contributed by atoms with van der Waals surface area (Å²) in [5.41, 5.74) is 4.98. The molecule has 1 nitrogen and oxygen atoms in total. The van der Waals surface area contributed by atoms with Crippen LogP contribution in [0.2, 0.25) is 0 Å². The molecule has 106 valence electrons. The molecule has 2 heteroatoms. The standard InChI is InChI=1S/C18H22OS/c1-13-10-14(2)18(15(3)11-13)12-16(19)6-4-7-17-8-5-9-20-17/h5,8-11H,4,6-7,12H2,1-3H3. The molecule has 0 spiro atoms. The van der Waals surface area contributed by atoms with Gasteiger partial charge in [-0.05, 0) is 61.7 Å². The maximum absolute atomic E-state index is 12.1. The first-order valence-electron chi connectivity index (χ1n) is 7.17. The average molecular weight is 286 g/mol. The first kappa shape index (κ1) is 15.0. The average Bonchev–Trinajstić information content (AvgIpc) is 2.87. The zero-order valence-electron chi connectivity index (χ0n) is 12.5. The van der Waals surface area contributed by atoms with E-state index in [2.05, 4.69) is 50.4 Å². The Balaban J connectivity index is 1.88. The third-order valence-electron chi connectivity index (χ3n) is 3.67. The van der Waals surface area contributed by atoms with Crippen molar-refractivity contribution in [1.82, 2.24) is 0 Å². The molecule has 0 unspecified atom stereocenters. The Morgan fingerprint density at radius 2 is 1.85 bits per heavy atom. The molecule has 0 aliphatic rings. The van der Waals surface area contributed by atoms with Gasteiger partial charge in [0.25, 0.3) is 0 Å². The lowest BCUT2D eigenvalue weighted by Crippen LogP contribution is -2.06. The maximum Gasteiger partial charge on any atom is 0.137 e. The smallest absolute Gasteiger partial charge is 0.137 e. The minimum absolute atomic E-state index is 0.358. The van der Waals surface area contributed by atoms with E-state index >= 15 is 0 Å². The Morgan fingerprint density at radius 3 is 2.45 bits per heavy atom. The van der Waals surface area contributed by atoms with E-state index in [9.17, 15) is 4.79 Å². The molecule has 0 amide bonds. The Kier molecular flexibility index (Phi) is 5.13. The predicted octanol–water partition coefficient (Wildman–Crippen LogP) is 4.81. The van der Waals surface area contributed by atoms with E-state index < -0.39 is 0 Å². The minimum Gasteiger partial charge on any atom is -0.299 e. The van der Waals surface area contributed by atoms with Crippen LogP contribution in [0.15, 0.2) is 29.6 Å². The summed E-state index contributed by atoms with van der Waals surface area (Å²) in [4.78, 5) is 13.5. The lowest BCUT2D eigenvalue weighted by molar-refractivity contribution is -0.118. The van der Waals surface area contributed by atoms with Crippen LogP contribution in [0, 0.1) is 20.8 Å². The van der Waals surface area contributed by atoms with Crippen molar-refractivity contribution < 1.29 is 4.79 Å². The van der Waals surface area contributed by atoms with Crippen molar-refractivity contribution in [3.8, 4) is 0 Å². The van der Waals surface area contributed by atoms with Crippen LogP contribution in [0.1, 0.15) is 40.0 Å². The van der Waals surface area contributed by atoms with Gasteiger partial charge in [-0.25, -0.2) is 0 Å². The molecule has 1 heterocycles. The molecule has 2 aromatic rings. The Labute approximate surface area is 125 Å². The summed E-state index contributed by atoms with van der Waals surface area (Å²) in [5.74, 6) is 0.358. The molecular formula is C18H22OS. The van der Waals surface area contributed by atoms with Gasteiger partial charge in [0.1, 0.15) is 5.78 Å². The Morgan fingerprint density at radius 1 is 1.15 bits per heavy atom. The highest BCUT2D eigenvalue weighted by Crippen LogP contribution is 2.18. The highest BCUT2D eigenvalue weighted by atomic mass is 32.1. The van der Waals surface area contributed by atoms with Crippen molar-refractivity contribution in [3.05, 3.63) is 56.8 Å². The number of rotatable bonds is 6. The van der Waals surface area contributed by atoms with Crippen molar-refractivity contribution in [3.63, 3.8) is 0 Å². The van der Waals surface area contributed by atoms with Crippen LogP contribution < -0.4 is 0 Å². The van der Waals surface area contributed by atoms with Gasteiger partial charge in [-0.15, -0.1) is 11.3 Å². The van der Waals surface area contributed by atoms with E-state index in [0.29, 0.717) is 18.6 Å². The number of carbonyl (C=O) groups excluding carboxylic acids is 1. The molecule has 20 heavy (non-hydrogen) atoms. The van der Waals surface area contributed by atoms with Gasteiger partial charge < -0.3 is 0 Å². The van der Waals surface area contributed by atoms with Crippen LogP contribution in [0.25, 0.3) is 0 Å². The monoisotopic (exact) mass is 286 g/mol. The van der Waals surface area contributed by atoms with Crippen molar-refractivity contribution in [2.24, 2.45) is 0 Å². The molecule has 0 aliphatic heterocycles. The van der Waals surface area contributed by atoms with Crippen LogP contribution in [0.4, 0.5) is 0 Å². The molecule has 0 saturated heterocycles. The molecule has 0 saturated carbocycles. The van der Waals surface area contributed by atoms with E-state index in [4.69, 9.17) is 0 Å². The molecule has 2 rings (SSSR count). The lowest BCUT2D eigenvalue weighted by Gasteiger charge is -2.10. The number of ketones is 1. The van der Waals surface area contributed by atoms with Crippen LogP contribution in [0.3, 0.4) is 0 Å². The molecule has 1 aromatic heterocycles. The van der Waals surface area contributed by atoms with Crippen LogP contribution in [-0.4, -0.2) is 5.78 Å². The van der Waals surface area contributed by atoms with Crippen molar-refractivity contribution >= 4 is 17.1 Å². The van der Waals surface area contributed by atoms with E-state index in [1.807, 2.05) is 0 Å². The molecule has 0 radical (unpaired) electrons. The second kappa shape index (κ2) is 6.85. The number of hydrogen-bond donors (Lipinski definition) is 0. The zero-order valence-corrected chi connectivity index (χ0v) is 13.3. The zero-order chi connectivity index (χ0) is 14.5. The summed E-state index contributed by atoms with van der Waals surface area (Å²) >= 11 is 1.77. The van der Waals surface area contributed by atoms with Crippen molar-refractivity contribution in [2.45, 2.75) is 46.5 Å². The van der Waals surface area contributed by atoms with E-state index in [-0.39, 0.29) is 0 Å². The lowest BCUT2D eigenvalue weighted by atomic mass is 9.94. The van der Waals surface area contributed by atoms with Crippen molar-refractivity contribution in [2.75, 3.05) is 0 Å². The number of carbonyl (C=O) groups is 1. The second-order valence-electron chi connectivity index (χ2n) is 5.53. The molecule has 0 bridgehead atoms. The first-order valence-corrected chi connectivity index (χ1v) is 8.05. The fourth-order valence-corrected chi connectivity index (χ4v) is 3.44. The van der Waals surface area contributed by atoms with Gasteiger partial charge >= 0.3 is 0 Å². The number of hydrogen-bond acceptors (Lipinski definition) is 2. The second-order valence-corrected chi connectivity index (χ2v) is 6.56. The quantitative estimate of drug-likeness (QED) is 0.745. The highest BCUT2D eigenvalue weighted by molar-refractivity contribution is 7.09. The molecule has 1 aromatic carbocycles. The van der Waals surface area contributed by atoms with Gasteiger partial charge in [0, 0.05) is 17.7 Å². The van der Waals surface area contributed by atoms with Crippen molar-refractivity contribution in [1.29, 1.82) is 0 Å². The first-order chi connectivity index (χ1) is 9.56. The largest absolute Gasteiger partial charge is 0.299 e. The highest BCUT2D eigenvalue weighted by Gasteiger charge is 2.09. The Bertz CT molecular complexity index is 558. The number of aryl methyl sites for hydroxylation is 4. The van der Waals surface area contributed by atoms with Crippen LogP contribution in [0.5, 0.6) is 0 Å². The fraction of sp³-hybridized carbons (Fsp3) is 0.389. The van der Waals surface area contributed by atoms with Gasteiger partial charge in [0.15, 0.2) is 0 Å². The number of benzene rings is 1. The van der Waals surface area contributed by atoms with Gasteiger partial charge in [-0.2, -0.15) is 0 Å². The van der Waals surface area contributed by atoms with Gasteiger partial charge in [-0.3, -0.25) is 4.79 Å². The summed E-state index contributed by atoms with van der Waals surface area (Å²) in [6.07, 6.45) is 3.26. The van der Waals surface area contributed by atoms with Crippen LogP contribution >= 0.6 is 11.3 Å². The molecule has 0 fully saturated rings. The topological polar surface area (TPSA) is 17.1 Å². The summed E-state index contributed by atoms with van der Waals surface area (Å²) < 4.78 is 0. The summed E-state index contributed by atoms with van der Waals surface area (Å²) in [6.45, 7) is 6.31. The van der Waals surface area contributed by atoms with E-state index in [1.54, 1.807) is 11.3 Å². The van der Waals surface area contributed by atoms with Gasteiger partial charge in [-0.1, -0.05) is 23.8 Å². The summed E-state index contributed by atoms with van der Waals surface area (Å²) in [7, 11) is 0. The summed E-state index contributed by atoms with van der Waals surface area (Å²) in [6, 6.07) is 8.55. The molecule has 0 N–H and O–H groups in total. The summed E-state index contributed by atoms with van der Waals surface area (Å²) in [5, 5.41) is 2.09. The fourth-order valence-electron chi connectivity index (χ4n) is 2.69. The van der Waals surface area contributed by atoms with E-state index in [0.717, 1.165) is 12.8 Å². The molecular weight excluding hydrogens is 264 g/mol. The van der Waals surface area contributed by atoms with E-state index in [1.165, 1.54) is 27.1 Å². The molecule has 0 aliphatic carbocycles. The van der Waals surface area contributed by atoms with Crippen LogP contribution in [-0.2, 0) is 17.6 Å². The number of thiophene rings is 1. The number of Topliss-reactive ketones (excluding diaryl/α,β-unsaturated/α-hetero) is 1. The normalized spacial score (nSPS) is 10.8. The third kappa shape index (κ3) is 4.04. The Hall–Kier alpha value is -1.41. The van der Waals surface area contributed by atoms with Gasteiger partial charge in [0.2, 0.25) is 0 Å². The SMILES string of the molecule is Cc1cc(C)c(CC(=O)CCCc2cccs2)c(C)c1. The minimum atomic E-state index is 0.358. The maximum atomic E-state index is 12.1. The van der Waals surface area contributed by atoms with Gasteiger partial charge in [0.05, 0.1) is 0 Å².